The molecule has 1 saturated heterocycles. The second-order valence-corrected chi connectivity index (χ2v) is 7.85. The van der Waals surface area contributed by atoms with Gasteiger partial charge in [-0.15, -0.1) is 10.2 Å². The summed E-state index contributed by atoms with van der Waals surface area (Å²) in [6.07, 6.45) is 2.97. The Labute approximate surface area is 162 Å². The molecule has 1 aromatic heterocycles. The first-order chi connectivity index (χ1) is 13.0. The van der Waals surface area contributed by atoms with Gasteiger partial charge in [0.15, 0.2) is 5.82 Å². The average molecular weight is 367 g/mol. The van der Waals surface area contributed by atoms with E-state index in [4.69, 9.17) is 0 Å². The van der Waals surface area contributed by atoms with Crippen LogP contribution in [0.2, 0.25) is 0 Å². The second kappa shape index (κ2) is 8.98. The number of carbonyl (C=O) groups excluding carboxylic acids is 1. The molecule has 1 aliphatic heterocycles. The van der Waals surface area contributed by atoms with Gasteiger partial charge in [0.25, 0.3) is 0 Å². The topological polar surface area (TPSA) is 58.1 Å². The van der Waals surface area contributed by atoms with Crippen molar-refractivity contribution in [2.45, 2.75) is 40.0 Å². The molecule has 0 aliphatic carbocycles. The Bertz CT molecular complexity index is 757. The minimum Gasteiger partial charge on any atom is -0.356 e. The number of benzene rings is 1. The number of hydrogen-bond acceptors (Lipinski definition) is 4. The van der Waals surface area contributed by atoms with Gasteiger partial charge in [-0.25, -0.2) is 0 Å². The van der Waals surface area contributed by atoms with Crippen molar-refractivity contribution in [1.29, 1.82) is 0 Å². The fourth-order valence-corrected chi connectivity index (χ4v) is 3.53. The molecule has 1 fully saturated rings. The quantitative estimate of drug-likeness (QED) is 0.844. The molecule has 5 heteroatoms. The average Bonchev–Trinajstić information content (AvgIpc) is 2.68. The van der Waals surface area contributed by atoms with Crippen LogP contribution in [0.5, 0.6) is 0 Å². The predicted molar refractivity (Wildman–Crippen MR) is 110 cm³/mol. The van der Waals surface area contributed by atoms with Crippen molar-refractivity contribution in [3.8, 4) is 11.3 Å². The standard InChI is InChI=1S/C22H30N4O/c1-16(2)12-13-23-22(27)18-8-6-14-26(15-18)21-11-10-20(24-25-21)19-9-5-4-7-17(19)3/h4-5,7,9-11,16,18H,6,8,12-15H2,1-3H3,(H,23,27)/t18-/m1/s1. The predicted octanol–water partition coefficient (Wildman–Crippen LogP) is 3.83. The third-order valence-corrected chi connectivity index (χ3v) is 5.21. The summed E-state index contributed by atoms with van der Waals surface area (Å²) in [6, 6.07) is 12.2. The lowest BCUT2D eigenvalue weighted by Gasteiger charge is -2.32. The Morgan fingerprint density at radius 1 is 1.22 bits per heavy atom. The summed E-state index contributed by atoms with van der Waals surface area (Å²) >= 11 is 0. The number of rotatable bonds is 6. The van der Waals surface area contributed by atoms with Crippen LogP contribution in [0, 0.1) is 18.8 Å². The Hall–Kier alpha value is -2.43. The fourth-order valence-electron chi connectivity index (χ4n) is 3.53. The smallest absolute Gasteiger partial charge is 0.224 e. The largest absolute Gasteiger partial charge is 0.356 e. The van der Waals surface area contributed by atoms with E-state index >= 15 is 0 Å². The molecule has 2 aromatic rings. The molecule has 1 amide bonds. The van der Waals surface area contributed by atoms with E-state index in [1.807, 2.05) is 24.3 Å². The third kappa shape index (κ3) is 5.06. The molecule has 1 atom stereocenters. The van der Waals surface area contributed by atoms with Crippen LogP contribution >= 0.6 is 0 Å². The molecule has 0 saturated carbocycles. The second-order valence-electron chi connectivity index (χ2n) is 7.85. The SMILES string of the molecule is Cc1ccccc1-c1ccc(N2CCC[C@@H](C(=O)NCCC(C)C)C2)nn1. The van der Waals surface area contributed by atoms with Crippen LogP contribution in [0.1, 0.15) is 38.7 Å². The molecule has 1 aliphatic rings. The minimum atomic E-state index is 0.0313. The zero-order valence-electron chi connectivity index (χ0n) is 16.6. The number of nitrogens with one attached hydrogen (secondary N) is 1. The van der Waals surface area contributed by atoms with Crippen LogP contribution in [0.15, 0.2) is 36.4 Å². The highest BCUT2D eigenvalue weighted by atomic mass is 16.1. The van der Waals surface area contributed by atoms with Crippen LogP contribution in [0.4, 0.5) is 5.82 Å². The van der Waals surface area contributed by atoms with Crippen LogP contribution in [-0.2, 0) is 4.79 Å². The Kier molecular flexibility index (Phi) is 6.43. The van der Waals surface area contributed by atoms with Gasteiger partial charge in [-0.1, -0.05) is 38.1 Å². The van der Waals surface area contributed by atoms with Gasteiger partial charge in [0, 0.05) is 25.2 Å². The molecule has 1 N–H and O–H groups in total. The van der Waals surface area contributed by atoms with Gasteiger partial charge < -0.3 is 10.2 Å². The molecular weight excluding hydrogens is 336 g/mol. The van der Waals surface area contributed by atoms with Crippen molar-refractivity contribution in [3.63, 3.8) is 0 Å². The summed E-state index contributed by atoms with van der Waals surface area (Å²) in [5.41, 5.74) is 3.19. The van der Waals surface area contributed by atoms with Crippen LogP contribution in [-0.4, -0.2) is 35.7 Å². The van der Waals surface area contributed by atoms with E-state index in [9.17, 15) is 4.79 Å². The molecule has 3 rings (SSSR count). The summed E-state index contributed by atoms with van der Waals surface area (Å²) < 4.78 is 0. The summed E-state index contributed by atoms with van der Waals surface area (Å²) in [5.74, 6) is 1.66. The Morgan fingerprint density at radius 2 is 2.04 bits per heavy atom. The molecule has 0 bridgehead atoms. The van der Waals surface area contributed by atoms with E-state index in [1.165, 1.54) is 5.56 Å². The van der Waals surface area contributed by atoms with E-state index in [2.05, 4.69) is 53.3 Å². The molecule has 1 aromatic carbocycles. The van der Waals surface area contributed by atoms with E-state index in [0.29, 0.717) is 12.5 Å². The number of hydrogen-bond donors (Lipinski definition) is 1. The lowest BCUT2D eigenvalue weighted by molar-refractivity contribution is -0.125. The van der Waals surface area contributed by atoms with Gasteiger partial charge in [0.2, 0.25) is 5.91 Å². The third-order valence-electron chi connectivity index (χ3n) is 5.21. The zero-order valence-corrected chi connectivity index (χ0v) is 16.6. The highest BCUT2D eigenvalue weighted by molar-refractivity contribution is 5.79. The van der Waals surface area contributed by atoms with E-state index < -0.39 is 0 Å². The first-order valence-electron chi connectivity index (χ1n) is 9.97. The van der Waals surface area contributed by atoms with Gasteiger partial charge in [0.1, 0.15) is 0 Å². The van der Waals surface area contributed by atoms with E-state index in [0.717, 1.165) is 49.4 Å². The molecule has 144 valence electrons. The number of nitrogens with zero attached hydrogens (tertiary/aromatic N) is 3. The number of aromatic nitrogens is 2. The van der Waals surface area contributed by atoms with Crippen molar-refractivity contribution in [3.05, 3.63) is 42.0 Å². The molecule has 27 heavy (non-hydrogen) atoms. The maximum atomic E-state index is 12.5. The highest BCUT2D eigenvalue weighted by Crippen LogP contribution is 2.24. The maximum absolute atomic E-state index is 12.5. The van der Waals surface area contributed by atoms with Gasteiger partial charge in [-0.2, -0.15) is 0 Å². The van der Waals surface area contributed by atoms with Crippen LogP contribution in [0.25, 0.3) is 11.3 Å². The van der Waals surface area contributed by atoms with E-state index in [1.54, 1.807) is 0 Å². The summed E-state index contributed by atoms with van der Waals surface area (Å²) in [5, 5.41) is 12.0. The molecular formula is C22H30N4O. The van der Waals surface area contributed by atoms with Crippen molar-refractivity contribution in [2.75, 3.05) is 24.5 Å². The normalized spacial score (nSPS) is 17.2. The van der Waals surface area contributed by atoms with Crippen LogP contribution < -0.4 is 10.2 Å². The number of carbonyl (C=O) groups is 1. The number of amides is 1. The number of anilines is 1. The van der Waals surface area contributed by atoms with Crippen molar-refractivity contribution >= 4 is 11.7 Å². The number of aryl methyl sites for hydroxylation is 1. The Balaban J connectivity index is 1.62. The first kappa shape index (κ1) is 19.3. The van der Waals surface area contributed by atoms with Crippen LogP contribution in [0.3, 0.4) is 0 Å². The van der Waals surface area contributed by atoms with Gasteiger partial charge in [-0.05, 0) is 49.8 Å². The Morgan fingerprint density at radius 3 is 2.74 bits per heavy atom. The molecule has 0 radical (unpaired) electrons. The monoisotopic (exact) mass is 366 g/mol. The molecule has 2 heterocycles. The lowest BCUT2D eigenvalue weighted by atomic mass is 9.97. The lowest BCUT2D eigenvalue weighted by Crippen LogP contribution is -2.43. The van der Waals surface area contributed by atoms with Crippen molar-refractivity contribution in [1.82, 2.24) is 15.5 Å². The highest BCUT2D eigenvalue weighted by Gasteiger charge is 2.26. The van der Waals surface area contributed by atoms with E-state index in [-0.39, 0.29) is 11.8 Å². The number of piperidine rings is 1. The molecule has 0 unspecified atom stereocenters. The fraction of sp³-hybridized carbons (Fsp3) is 0.500. The van der Waals surface area contributed by atoms with Gasteiger partial charge >= 0.3 is 0 Å². The van der Waals surface area contributed by atoms with Gasteiger partial charge in [0.05, 0.1) is 11.6 Å². The minimum absolute atomic E-state index is 0.0313. The zero-order chi connectivity index (χ0) is 19.2. The summed E-state index contributed by atoms with van der Waals surface area (Å²) in [7, 11) is 0. The van der Waals surface area contributed by atoms with Crippen molar-refractivity contribution in [2.24, 2.45) is 11.8 Å². The summed E-state index contributed by atoms with van der Waals surface area (Å²) in [4.78, 5) is 14.6. The van der Waals surface area contributed by atoms with Gasteiger partial charge in [-0.3, -0.25) is 4.79 Å². The van der Waals surface area contributed by atoms with Crippen molar-refractivity contribution < 1.29 is 4.79 Å². The molecule has 5 nitrogen and oxygen atoms in total. The first-order valence-corrected chi connectivity index (χ1v) is 9.97. The maximum Gasteiger partial charge on any atom is 0.224 e. The summed E-state index contributed by atoms with van der Waals surface area (Å²) in [6.45, 7) is 8.83. The molecule has 0 spiro atoms.